The standard InChI is InChI=1S/C19H19N3O3/c1-24-18-4-2-14(3-5-18)10-21-19(23)22-11-15-8-17(12-20-9-15)16-6-7-25-13-16/h2-9,12-13H,10-11H2,1H3,(H2,21,22,23). The fraction of sp³-hybridized carbons (Fsp3) is 0.158. The lowest BCUT2D eigenvalue weighted by molar-refractivity contribution is 0.240. The molecule has 1 aromatic carbocycles. The van der Waals surface area contributed by atoms with Gasteiger partial charge in [-0.3, -0.25) is 4.98 Å². The van der Waals surface area contributed by atoms with Crippen LogP contribution in [0.3, 0.4) is 0 Å². The maximum absolute atomic E-state index is 11.9. The number of carbonyl (C=O) groups excluding carboxylic acids is 1. The number of amides is 2. The van der Waals surface area contributed by atoms with Crippen LogP contribution in [-0.4, -0.2) is 18.1 Å². The van der Waals surface area contributed by atoms with Crippen molar-refractivity contribution in [1.29, 1.82) is 0 Å². The highest BCUT2D eigenvalue weighted by atomic mass is 16.5. The van der Waals surface area contributed by atoms with Gasteiger partial charge in [0.2, 0.25) is 0 Å². The molecule has 0 unspecified atom stereocenters. The monoisotopic (exact) mass is 337 g/mol. The van der Waals surface area contributed by atoms with Crippen LogP contribution in [0.2, 0.25) is 0 Å². The van der Waals surface area contributed by atoms with Gasteiger partial charge in [-0.25, -0.2) is 4.79 Å². The summed E-state index contributed by atoms with van der Waals surface area (Å²) in [6, 6.07) is 11.2. The van der Waals surface area contributed by atoms with Crippen LogP contribution in [0.5, 0.6) is 5.75 Å². The molecule has 0 fully saturated rings. The van der Waals surface area contributed by atoms with Crippen LogP contribution >= 0.6 is 0 Å². The van der Waals surface area contributed by atoms with Crippen molar-refractivity contribution in [2.75, 3.05) is 7.11 Å². The molecule has 0 aliphatic carbocycles. The van der Waals surface area contributed by atoms with E-state index in [1.165, 1.54) is 0 Å². The smallest absolute Gasteiger partial charge is 0.315 e. The van der Waals surface area contributed by atoms with Crippen LogP contribution in [0, 0.1) is 0 Å². The molecule has 6 nitrogen and oxygen atoms in total. The maximum atomic E-state index is 11.9. The Balaban J connectivity index is 1.49. The Labute approximate surface area is 145 Å². The number of rotatable bonds is 6. The second-order valence-corrected chi connectivity index (χ2v) is 5.48. The molecule has 3 aromatic rings. The van der Waals surface area contributed by atoms with E-state index in [0.29, 0.717) is 13.1 Å². The summed E-state index contributed by atoms with van der Waals surface area (Å²) >= 11 is 0. The molecule has 0 spiro atoms. The highest BCUT2D eigenvalue weighted by Gasteiger charge is 2.04. The quantitative estimate of drug-likeness (QED) is 0.723. The van der Waals surface area contributed by atoms with E-state index >= 15 is 0 Å². The van der Waals surface area contributed by atoms with E-state index in [0.717, 1.165) is 28.0 Å². The molecule has 2 aromatic heterocycles. The minimum atomic E-state index is -0.232. The van der Waals surface area contributed by atoms with Gasteiger partial charge >= 0.3 is 6.03 Å². The first-order valence-corrected chi connectivity index (χ1v) is 7.86. The Kier molecular flexibility index (Phi) is 5.31. The third kappa shape index (κ3) is 4.60. The summed E-state index contributed by atoms with van der Waals surface area (Å²) in [6.45, 7) is 0.844. The third-order valence-corrected chi connectivity index (χ3v) is 3.71. The van der Waals surface area contributed by atoms with E-state index in [2.05, 4.69) is 15.6 Å². The molecule has 0 atom stereocenters. The fourth-order valence-corrected chi connectivity index (χ4v) is 2.34. The van der Waals surface area contributed by atoms with Gasteiger partial charge in [0.1, 0.15) is 5.75 Å². The van der Waals surface area contributed by atoms with Gasteiger partial charge in [0.05, 0.1) is 19.6 Å². The summed E-state index contributed by atoms with van der Waals surface area (Å²) in [5.74, 6) is 0.790. The second kappa shape index (κ2) is 8.01. The van der Waals surface area contributed by atoms with E-state index in [1.807, 2.05) is 36.4 Å². The van der Waals surface area contributed by atoms with Gasteiger partial charge in [0.25, 0.3) is 0 Å². The number of furan rings is 1. The molecule has 0 saturated carbocycles. The number of carbonyl (C=O) groups is 1. The van der Waals surface area contributed by atoms with Gasteiger partial charge in [-0.05, 0) is 35.4 Å². The molecule has 0 bridgehead atoms. The van der Waals surface area contributed by atoms with Gasteiger partial charge < -0.3 is 19.8 Å². The molecule has 0 aliphatic heterocycles. The molecule has 0 aliphatic rings. The number of ether oxygens (including phenoxy) is 1. The number of hydrogen-bond donors (Lipinski definition) is 2. The number of urea groups is 1. The Bertz CT molecular complexity index is 814. The first kappa shape index (κ1) is 16.6. The molecule has 3 rings (SSSR count). The molecule has 25 heavy (non-hydrogen) atoms. The highest BCUT2D eigenvalue weighted by molar-refractivity contribution is 5.74. The molecule has 0 radical (unpaired) electrons. The number of methoxy groups -OCH3 is 1. The van der Waals surface area contributed by atoms with Gasteiger partial charge in [0, 0.05) is 36.6 Å². The van der Waals surface area contributed by atoms with Crippen LogP contribution in [-0.2, 0) is 13.1 Å². The number of pyridine rings is 1. The zero-order valence-corrected chi connectivity index (χ0v) is 13.9. The lowest BCUT2D eigenvalue weighted by Gasteiger charge is -2.09. The summed E-state index contributed by atoms with van der Waals surface area (Å²) in [4.78, 5) is 16.1. The van der Waals surface area contributed by atoms with Crippen molar-refractivity contribution in [3.05, 3.63) is 72.4 Å². The van der Waals surface area contributed by atoms with Crippen molar-refractivity contribution in [2.24, 2.45) is 0 Å². The van der Waals surface area contributed by atoms with Crippen molar-refractivity contribution in [2.45, 2.75) is 13.1 Å². The highest BCUT2D eigenvalue weighted by Crippen LogP contribution is 2.19. The predicted molar refractivity (Wildman–Crippen MR) is 94.0 cm³/mol. The van der Waals surface area contributed by atoms with Crippen LogP contribution in [0.1, 0.15) is 11.1 Å². The predicted octanol–water partition coefficient (Wildman–Crippen LogP) is 3.35. The van der Waals surface area contributed by atoms with Crippen molar-refractivity contribution < 1.29 is 13.9 Å². The van der Waals surface area contributed by atoms with E-state index in [9.17, 15) is 4.79 Å². The van der Waals surface area contributed by atoms with E-state index in [4.69, 9.17) is 9.15 Å². The zero-order valence-electron chi connectivity index (χ0n) is 13.9. The van der Waals surface area contributed by atoms with Crippen LogP contribution < -0.4 is 15.4 Å². The number of aromatic nitrogens is 1. The van der Waals surface area contributed by atoms with E-state index in [1.54, 1.807) is 32.0 Å². The maximum Gasteiger partial charge on any atom is 0.315 e. The fourth-order valence-electron chi connectivity index (χ4n) is 2.34. The van der Waals surface area contributed by atoms with Crippen molar-refractivity contribution in [3.63, 3.8) is 0 Å². The molecule has 2 N–H and O–H groups in total. The minimum Gasteiger partial charge on any atom is -0.497 e. The summed E-state index contributed by atoms with van der Waals surface area (Å²) in [7, 11) is 1.62. The van der Waals surface area contributed by atoms with E-state index < -0.39 is 0 Å². The molecule has 128 valence electrons. The van der Waals surface area contributed by atoms with Crippen LogP contribution in [0.25, 0.3) is 11.1 Å². The number of nitrogens with one attached hydrogen (secondary N) is 2. The molecular formula is C19H19N3O3. The second-order valence-electron chi connectivity index (χ2n) is 5.48. The largest absolute Gasteiger partial charge is 0.497 e. The van der Waals surface area contributed by atoms with Gasteiger partial charge in [-0.15, -0.1) is 0 Å². The summed E-state index contributed by atoms with van der Waals surface area (Å²) in [5, 5.41) is 5.65. The summed E-state index contributed by atoms with van der Waals surface area (Å²) < 4.78 is 10.2. The Morgan fingerprint density at radius 1 is 1.04 bits per heavy atom. The van der Waals surface area contributed by atoms with Crippen LogP contribution in [0.15, 0.2) is 65.7 Å². The molecular weight excluding hydrogens is 318 g/mol. The van der Waals surface area contributed by atoms with Crippen molar-refractivity contribution in [1.82, 2.24) is 15.6 Å². The average molecular weight is 337 g/mol. The Morgan fingerprint density at radius 3 is 2.48 bits per heavy atom. The van der Waals surface area contributed by atoms with Crippen LogP contribution in [0.4, 0.5) is 4.79 Å². The molecule has 6 heteroatoms. The number of nitrogens with zero attached hydrogens (tertiary/aromatic N) is 1. The van der Waals surface area contributed by atoms with E-state index in [-0.39, 0.29) is 6.03 Å². The zero-order chi connectivity index (χ0) is 17.5. The first-order valence-electron chi connectivity index (χ1n) is 7.86. The summed E-state index contributed by atoms with van der Waals surface area (Å²) in [6.07, 6.45) is 6.77. The average Bonchev–Trinajstić information content (AvgIpc) is 3.20. The minimum absolute atomic E-state index is 0.232. The first-order chi connectivity index (χ1) is 12.2. The Hall–Kier alpha value is -3.28. The van der Waals surface area contributed by atoms with Crippen molar-refractivity contribution >= 4 is 6.03 Å². The SMILES string of the molecule is COc1ccc(CNC(=O)NCc2cncc(-c3ccoc3)c2)cc1. The van der Waals surface area contributed by atoms with Gasteiger partial charge in [0.15, 0.2) is 0 Å². The number of hydrogen-bond acceptors (Lipinski definition) is 4. The third-order valence-electron chi connectivity index (χ3n) is 3.71. The normalized spacial score (nSPS) is 10.3. The molecule has 2 heterocycles. The topological polar surface area (TPSA) is 76.4 Å². The number of benzene rings is 1. The lowest BCUT2D eigenvalue weighted by atomic mass is 10.1. The Morgan fingerprint density at radius 2 is 1.80 bits per heavy atom. The lowest BCUT2D eigenvalue weighted by Crippen LogP contribution is -2.34. The molecule has 2 amide bonds. The molecule has 0 saturated heterocycles. The van der Waals surface area contributed by atoms with Gasteiger partial charge in [-0.2, -0.15) is 0 Å². The summed E-state index contributed by atoms with van der Waals surface area (Å²) in [5.41, 5.74) is 3.82. The van der Waals surface area contributed by atoms with Crippen molar-refractivity contribution in [3.8, 4) is 16.9 Å². The van der Waals surface area contributed by atoms with Gasteiger partial charge in [-0.1, -0.05) is 12.1 Å².